The van der Waals surface area contributed by atoms with Crippen LogP contribution in [0.25, 0.3) is 21.5 Å². The molecule has 4 aromatic rings. The number of rotatable bonds is 11. The van der Waals surface area contributed by atoms with Crippen LogP contribution in [0.2, 0.25) is 0 Å². The molecule has 0 amide bonds. The first-order chi connectivity index (χ1) is 26.0. The molecule has 1 aliphatic carbocycles. The van der Waals surface area contributed by atoms with Crippen LogP contribution in [0.3, 0.4) is 0 Å². The third kappa shape index (κ3) is 7.72. The van der Waals surface area contributed by atoms with E-state index in [4.69, 9.17) is 11.6 Å². The quantitative estimate of drug-likeness (QED) is 0.110. The summed E-state index contributed by atoms with van der Waals surface area (Å²) in [5, 5.41) is 5.21. The number of anilines is 1. The van der Waals surface area contributed by atoms with Crippen LogP contribution in [-0.4, -0.2) is 60.8 Å². The maximum absolute atomic E-state index is 11.6. The zero-order valence-electron chi connectivity index (χ0n) is 31.6. The van der Waals surface area contributed by atoms with Gasteiger partial charge in [-0.1, -0.05) is 92.2 Å². The van der Waals surface area contributed by atoms with E-state index in [1.165, 1.54) is 0 Å². The van der Waals surface area contributed by atoms with E-state index in [0.717, 1.165) is 85.9 Å². The van der Waals surface area contributed by atoms with Gasteiger partial charge in [-0.2, -0.15) is 4.58 Å². The van der Waals surface area contributed by atoms with Crippen LogP contribution in [0.5, 0.6) is 0 Å². The van der Waals surface area contributed by atoms with Crippen molar-refractivity contribution in [3.63, 3.8) is 0 Å². The van der Waals surface area contributed by atoms with Gasteiger partial charge in [0.1, 0.15) is 6.54 Å². The van der Waals surface area contributed by atoms with Gasteiger partial charge >= 0.3 is 0 Å². The molecule has 0 saturated carbocycles. The summed E-state index contributed by atoms with van der Waals surface area (Å²) in [5.41, 5.74) is 7.51. The van der Waals surface area contributed by atoms with Gasteiger partial charge in [-0.25, -0.2) is 16.8 Å². The Morgan fingerprint density at radius 3 is 2.04 bits per heavy atom. The molecule has 0 unspecified atom stereocenters. The van der Waals surface area contributed by atoms with E-state index in [9.17, 15) is 25.9 Å². The highest BCUT2D eigenvalue weighted by atomic mass is 35.5. The second kappa shape index (κ2) is 14.8. The van der Waals surface area contributed by atoms with Gasteiger partial charge in [-0.15, -0.1) is 0 Å². The number of halogens is 1. The molecule has 2 heterocycles. The minimum absolute atomic E-state index is 0.205. The number of allylic oxidation sites excluding steroid dienone is 8. The lowest BCUT2D eigenvalue weighted by molar-refractivity contribution is -0.437. The molecule has 7 rings (SSSR count). The Hall–Kier alpha value is -4.06. The highest BCUT2D eigenvalue weighted by molar-refractivity contribution is 7.85. The minimum Gasteiger partial charge on any atom is -0.748 e. The molecule has 8 nitrogen and oxygen atoms in total. The van der Waals surface area contributed by atoms with Crippen LogP contribution in [0.1, 0.15) is 70.9 Å². The fourth-order valence-electron chi connectivity index (χ4n) is 8.92. The first-order valence-corrected chi connectivity index (χ1v) is 22.3. The van der Waals surface area contributed by atoms with E-state index in [-0.39, 0.29) is 12.8 Å². The highest BCUT2D eigenvalue weighted by Gasteiger charge is 2.45. The molecule has 288 valence electrons. The van der Waals surface area contributed by atoms with Gasteiger partial charge in [0.15, 0.2) is 5.71 Å². The summed E-state index contributed by atoms with van der Waals surface area (Å²) in [6, 6.07) is 24.8. The summed E-state index contributed by atoms with van der Waals surface area (Å²) in [6.07, 6.45) is 11.3. The van der Waals surface area contributed by atoms with Crippen molar-refractivity contribution < 1.29 is 30.5 Å². The molecule has 2 aliphatic heterocycles. The molecule has 0 atom stereocenters. The molecule has 3 aliphatic rings. The topological polar surface area (TPSA) is 121 Å². The van der Waals surface area contributed by atoms with Crippen LogP contribution >= 0.6 is 11.6 Å². The lowest BCUT2D eigenvalue weighted by Crippen LogP contribution is -2.28. The zero-order chi connectivity index (χ0) is 39.3. The van der Waals surface area contributed by atoms with Crippen LogP contribution < -0.4 is 4.90 Å². The van der Waals surface area contributed by atoms with Crippen LogP contribution in [-0.2, 0) is 31.1 Å². The molecule has 0 radical (unpaired) electrons. The van der Waals surface area contributed by atoms with Crippen molar-refractivity contribution in [2.75, 3.05) is 29.5 Å². The van der Waals surface area contributed by atoms with Crippen LogP contribution in [0.4, 0.5) is 11.4 Å². The van der Waals surface area contributed by atoms with Crippen molar-refractivity contribution in [1.29, 1.82) is 0 Å². The number of benzene rings is 4. The lowest BCUT2D eigenvalue weighted by atomic mass is 9.78. The van der Waals surface area contributed by atoms with Gasteiger partial charge in [0.25, 0.3) is 0 Å². The molecule has 0 saturated heterocycles. The van der Waals surface area contributed by atoms with Gasteiger partial charge < -0.3 is 14.0 Å². The number of hydrogen-bond acceptors (Lipinski definition) is 7. The largest absolute Gasteiger partial charge is 0.748 e. The summed E-state index contributed by atoms with van der Waals surface area (Å²) in [5.74, 6) is -0.866. The Bertz CT molecular complexity index is 2600. The Morgan fingerprint density at radius 1 is 0.745 bits per heavy atom. The number of nitrogens with zero attached hydrogens (tertiary/aromatic N) is 2. The fraction of sp³-hybridized carbons (Fsp3) is 0.341. The monoisotopic (exact) mass is 797 g/mol. The van der Waals surface area contributed by atoms with Gasteiger partial charge in [-0.3, -0.25) is 0 Å². The molecule has 4 aromatic carbocycles. The SMILES string of the molecule is CC1(C)C(/C=C/C2=C(Cl)C(=C/C=C3/N(CCCS(=O)(=O)[O-])c4ccc5ccccc5c4C3(C)C)/CCC2)=[N+](CCCS(=O)(=O)[O-])c2ccc3ccccc3c21. The van der Waals surface area contributed by atoms with Crippen LogP contribution in [0, 0.1) is 0 Å². The summed E-state index contributed by atoms with van der Waals surface area (Å²) in [6.45, 7) is 9.48. The van der Waals surface area contributed by atoms with Gasteiger partial charge in [-0.05, 0) is 96.0 Å². The van der Waals surface area contributed by atoms with Crippen molar-refractivity contribution >= 4 is 70.5 Å². The fourth-order valence-corrected chi connectivity index (χ4v) is 10.2. The van der Waals surface area contributed by atoms with E-state index in [1.54, 1.807) is 0 Å². The maximum atomic E-state index is 11.6. The standard InChI is InChI=1S/C44H47ClN2O6S2/c1-43(2)38(46(26-10-28-54(48,49)50)36-22-18-30-12-5-7-16-34(30)40(36)43)24-20-32-14-9-15-33(42(32)45)21-25-39-44(3,4)41-35-17-8-6-13-31(35)19-23-37(41)47(39)27-11-29-55(51,52)53/h5-8,12-13,16-25H,9-11,14-15,26-29H2,1-4H3,(H-,48,49,50,51,52,53)/p-1. The van der Waals surface area contributed by atoms with E-state index in [0.29, 0.717) is 18.1 Å². The highest BCUT2D eigenvalue weighted by Crippen LogP contribution is 2.51. The van der Waals surface area contributed by atoms with E-state index >= 15 is 0 Å². The second-order valence-corrected chi connectivity index (χ2v) is 19.2. The summed E-state index contributed by atoms with van der Waals surface area (Å²) >= 11 is 7.23. The molecule has 55 heavy (non-hydrogen) atoms. The maximum Gasteiger partial charge on any atom is 0.210 e. The van der Waals surface area contributed by atoms with Gasteiger partial charge in [0.05, 0.1) is 25.7 Å². The van der Waals surface area contributed by atoms with Gasteiger partial charge in [0, 0.05) is 64.0 Å². The summed E-state index contributed by atoms with van der Waals surface area (Å²) in [7, 11) is -8.71. The van der Waals surface area contributed by atoms with E-state index in [1.807, 2.05) is 24.3 Å². The van der Waals surface area contributed by atoms with Crippen LogP contribution in [0.15, 0.2) is 119 Å². The van der Waals surface area contributed by atoms with Crippen molar-refractivity contribution in [3.05, 3.63) is 130 Å². The average Bonchev–Trinajstić information content (AvgIpc) is 3.47. The summed E-state index contributed by atoms with van der Waals surface area (Å²) in [4.78, 5) is 2.15. The molecule has 0 fully saturated rings. The Balaban J connectivity index is 1.26. The predicted octanol–water partition coefficient (Wildman–Crippen LogP) is 9.08. The van der Waals surface area contributed by atoms with E-state index in [2.05, 4.69) is 110 Å². The molecule has 11 heteroatoms. The molecule has 0 spiro atoms. The van der Waals surface area contributed by atoms with Crippen molar-refractivity contribution in [1.82, 2.24) is 0 Å². The average molecular weight is 798 g/mol. The Morgan fingerprint density at radius 2 is 1.36 bits per heavy atom. The first-order valence-electron chi connectivity index (χ1n) is 18.8. The smallest absolute Gasteiger partial charge is 0.210 e. The Labute approximate surface area is 329 Å². The zero-order valence-corrected chi connectivity index (χ0v) is 34.0. The number of hydrogen-bond donors (Lipinski definition) is 0. The van der Waals surface area contributed by atoms with E-state index < -0.39 is 42.6 Å². The Kier molecular flexibility index (Phi) is 10.5. The molecule has 0 bridgehead atoms. The number of fused-ring (bicyclic) bond motifs is 6. The normalized spacial score (nSPS) is 19.8. The third-order valence-electron chi connectivity index (χ3n) is 11.4. The van der Waals surface area contributed by atoms with Crippen molar-refractivity contribution in [2.24, 2.45) is 0 Å². The minimum atomic E-state index is -4.36. The van der Waals surface area contributed by atoms with Crippen molar-refractivity contribution in [2.45, 2.75) is 70.6 Å². The van der Waals surface area contributed by atoms with Gasteiger partial charge in [0.2, 0.25) is 5.69 Å². The molecule has 0 aromatic heterocycles. The lowest BCUT2D eigenvalue weighted by Gasteiger charge is -2.27. The summed E-state index contributed by atoms with van der Waals surface area (Å²) < 4.78 is 71.5. The predicted molar refractivity (Wildman–Crippen MR) is 221 cm³/mol. The molecule has 0 N–H and O–H groups in total. The second-order valence-electron chi connectivity index (χ2n) is 15.8. The first kappa shape index (κ1) is 39.2. The third-order valence-corrected chi connectivity index (χ3v) is 13.5. The molecular formula is C44H46ClN2O6S2-. The van der Waals surface area contributed by atoms with Crippen molar-refractivity contribution in [3.8, 4) is 0 Å². The molecular weight excluding hydrogens is 752 g/mol.